The van der Waals surface area contributed by atoms with Crippen LogP contribution in [0.2, 0.25) is 0 Å². The summed E-state index contributed by atoms with van der Waals surface area (Å²) in [4.78, 5) is 0. The van der Waals surface area contributed by atoms with Gasteiger partial charge in [-0.15, -0.1) is 10.2 Å². The van der Waals surface area contributed by atoms with E-state index >= 15 is 0 Å². The minimum atomic E-state index is -0.317. The summed E-state index contributed by atoms with van der Waals surface area (Å²) in [5.74, 6) is -0.242. The van der Waals surface area contributed by atoms with Crippen LogP contribution in [-0.2, 0) is 0 Å². The maximum atomic E-state index is 12.9. The fourth-order valence-electron chi connectivity index (χ4n) is 1.92. The standard InChI is InChI=1S/C16H12F2N2OS/c1-10(11-2-6-13(17)7-3-11)22-16-20-19-15(21-16)12-4-8-14(18)9-5-12/h2-10H,1H3/t10-/m1/s1. The SMILES string of the molecule is C[C@@H](Sc1nnc(-c2ccc(F)cc2)o1)c1ccc(F)cc1. The first-order valence-electron chi connectivity index (χ1n) is 6.63. The summed E-state index contributed by atoms with van der Waals surface area (Å²) in [6.45, 7) is 1.97. The lowest BCUT2D eigenvalue weighted by Crippen LogP contribution is -1.88. The molecule has 1 heterocycles. The number of halogens is 2. The van der Waals surface area contributed by atoms with E-state index in [2.05, 4.69) is 10.2 Å². The minimum absolute atomic E-state index is 0.0436. The summed E-state index contributed by atoms with van der Waals surface area (Å²) in [6, 6.07) is 12.1. The van der Waals surface area contributed by atoms with E-state index in [9.17, 15) is 8.78 Å². The Balaban J connectivity index is 1.73. The van der Waals surface area contributed by atoms with Crippen LogP contribution in [-0.4, -0.2) is 10.2 Å². The molecule has 3 aromatic rings. The third kappa shape index (κ3) is 3.33. The lowest BCUT2D eigenvalue weighted by Gasteiger charge is -2.08. The van der Waals surface area contributed by atoms with Gasteiger partial charge >= 0.3 is 0 Å². The third-order valence-corrected chi connectivity index (χ3v) is 4.11. The molecule has 2 aromatic carbocycles. The lowest BCUT2D eigenvalue weighted by molar-refractivity contribution is 0.465. The number of hydrogen-bond acceptors (Lipinski definition) is 4. The zero-order chi connectivity index (χ0) is 15.5. The smallest absolute Gasteiger partial charge is 0.277 e. The van der Waals surface area contributed by atoms with Crippen molar-refractivity contribution in [1.82, 2.24) is 10.2 Å². The molecule has 0 N–H and O–H groups in total. The number of aromatic nitrogens is 2. The van der Waals surface area contributed by atoms with Crippen LogP contribution in [0.4, 0.5) is 8.78 Å². The van der Waals surface area contributed by atoms with E-state index in [1.54, 1.807) is 24.3 Å². The topological polar surface area (TPSA) is 38.9 Å². The number of rotatable bonds is 4. The average Bonchev–Trinajstić information content (AvgIpc) is 2.97. The Kier molecular flexibility index (Phi) is 4.20. The summed E-state index contributed by atoms with van der Waals surface area (Å²) in [5, 5.41) is 8.39. The fourth-order valence-corrected chi connectivity index (χ4v) is 2.73. The van der Waals surface area contributed by atoms with Crippen molar-refractivity contribution in [2.45, 2.75) is 17.4 Å². The Morgan fingerprint density at radius 3 is 2.14 bits per heavy atom. The number of hydrogen-bond donors (Lipinski definition) is 0. The van der Waals surface area contributed by atoms with Crippen LogP contribution in [0, 0.1) is 11.6 Å². The summed E-state index contributed by atoms with van der Waals surface area (Å²) in [6.07, 6.45) is 0. The highest BCUT2D eigenvalue weighted by Crippen LogP contribution is 2.35. The Morgan fingerprint density at radius 1 is 0.909 bits per heavy atom. The monoisotopic (exact) mass is 318 g/mol. The molecule has 0 amide bonds. The molecular weight excluding hydrogens is 306 g/mol. The van der Waals surface area contributed by atoms with Crippen LogP contribution < -0.4 is 0 Å². The van der Waals surface area contributed by atoms with Gasteiger partial charge in [0.15, 0.2) is 0 Å². The maximum absolute atomic E-state index is 12.9. The second-order valence-electron chi connectivity index (χ2n) is 4.69. The quantitative estimate of drug-likeness (QED) is 0.643. The first kappa shape index (κ1) is 14.7. The van der Waals surface area contributed by atoms with E-state index in [1.807, 2.05) is 6.92 Å². The van der Waals surface area contributed by atoms with E-state index in [-0.39, 0.29) is 16.9 Å². The van der Waals surface area contributed by atoms with Gasteiger partial charge in [0.1, 0.15) is 11.6 Å². The molecule has 22 heavy (non-hydrogen) atoms. The van der Waals surface area contributed by atoms with Crippen molar-refractivity contribution in [3.63, 3.8) is 0 Å². The highest BCUT2D eigenvalue weighted by Gasteiger charge is 2.14. The second-order valence-corrected chi connectivity index (χ2v) is 5.98. The van der Waals surface area contributed by atoms with E-state index in [0.29, 0.717) is 16.7 Å². The second kappa shape index (κ2) is 6.27. The summed E-state index contributed by atoms with van der Waals surface area (Å²) in [5.41, 5.74) is 1.63. The van der Waals surface area contributed by atoms with Crippen molar-refractivity contribution in [3.05, 3.63) is 65.7 Å². The molecule has 0 unspecified atom stereocenters. The number of nitrogens with zero attached hydrogens (tertiary/aromatic N) is 2. The van der Waals surface area contributed by atoms with Crippen LogP contribution in [0.15, 0.2) is 58.2 Å². The van der Waals surface area contributed by atoms with Crippen molar-refractivity contribution in [1.29, 1.82) is 0 Å². The molecule has 0 aliphatic carbocycles. The molecular formula is C16H12F2N2OS. The molecule has 0 saturated heterocycles. The van der Waals surface area contributed by atoms with Gasteiger partial charge < -0.3 is 4.42 Å². The molecule has 0 radical (unpaired) electrons. The van der Waals surface area contributed by atoms with Crippen molar-refractivity contribution < 1.29 is 13.2 Å². The molecule has 0 spiro atoms. The lowest BCUT2D eigenvalue weighted by atomic mass is 10.2. The Bertz CT molecular complexity index is 757. The molecule has 0 aliphatic heterocycles. The average molecular weight is 318 g/mol. The summed E-state index contributed by atoms with van der Waals surface area (Å²) in [7, 11) is 0. The molecule has 3 nitrogen and oxygen atoms in total. The van der Waals surface area contributed by atoms with Crippen LogP contribution in [0.3, 0.4) is 0 Å². The van der Waals surface area contributed by atoms with E-state index in [1.165, 1.54) is 36.0 Å². The van der Waals surface area contributed by atoms with Crippen LogP contribution >= 0.6 is 11.8 Å². The molecule has 0 bridgehead atoms. The molecule has 0 aliphatic rings. The normalized spacial score (nSPS) is 12.3. The van der Waals surface area contributed by atoms with Gasteiger partial charge in [0, 0.05) is 10.8 Å². The predicted octanol–water partition coefficient (Wildman–Crippen LogP) is 4.87. The van der Waals surface area contributed by atoms with E-state index in [0.717, 1.165) is 5.56 Å². The van der Waals surface area contributed by atoms with Gasteiger partial charge in [-0.25, -0.2) is 8.78 Å². The molecule has 0 saturated carbocycles. The fraction of sp³-hybridized carbons (Fsp3) is 0.125. The zero-order valence-electron chi connectivity index (χ0n) is 11.7. The van der Waals surface area contributed by atoms with Gasteiger partial charge in [0.2, 0.25) is 5.89 Å². The Hall–Kier alpha value is -2.21. The molecule has 1 atom stereocenters. The molecule has 3 rings (SSSR count). The van der Waals surface area contributed by atoms with Gasteiger partial charge in [-0.3, -0.25) is 0 Å². The number of thioether (sulfide) groups is 1. The summed E-state index contributed by atoms with van der Waals surface area (Å²) >= 11 is 1.38. The van der Waals surface area contributed by atoms with Gasteiger partial charge in [0.05, 0.1) is 0 Å². The molecule has 0 fully saturated rings. The van der Waals surface area contributed by atoms with Gasteiger partial charge in [-0.1, -0.05) is 23.9 Å². The molecule has 1 aromatic heterocycles. The maximum Gasteiger partial charge on any atom is 0.277 e. The van der Waals surface area contributed by atoms with Crippen molar-refractivity contribution in [2.75, 3.05) is 0 Å². The highest BCUT2D eigenvalue weighted by molar-refractivity contribution is 7.99. The Morgan fingerprint density at radius 2 is 1.50 bits per heavy atom. The largest absolute Gasteiger partial charge is 0.411 e. The van der Waals surface area contributed by atoms with Crippen molar-refractivity contribution in [3.8, 4) is 11.5 Å². The van der Waals surface area contributed by atoms with Crippen LogP contribution in [0.25, 0.3) is 11.5 Å². The predicted molar refractivity (Wildman–Crippen MR) is 80.4 cm³/mol. The van der Waals surface area contributed by atoms with Gasteiger partial charge in [-0.05, 0) is 48.9 Å². The van der Waals surface area contributed by atoms with Crippen LogP contribution in [0.1, 0.15) is 17.7 Å². The molecule has 6 heteroatoms. The van der Waals surface area contributed by atoms with E-state index in [4.69, 9.17) is 4.42 Å². The van der Waals surface area contributed by atoms with Crippen molar-refractivity contribution >= 4 is 11.8 Å². The van der Waals surface area contributed by atoms with Crippen LogP contribution in [0.5, 0.6) is 0 Å². The zero-order valence-corrected chi connectivity index (χ0v) is 12.5. The Labute approximate surface area is 130 Å². The summed E-state index contributed by atoms with van der Waals surface area (Å²) < 4.78 is 31.4. The number of benzene rings is 2. The first-order chi connectivity index (χ1) is 10.6. The van der Waals surface area contributed by atoms with Gasteiger partial charge in [-0.2, -0.15) is 0 Å². The highest BCUT2D eigenvalue weighted by atomic mass is 32.2. The van der Waals surface area contributed by atoms with Crippen molar-refractivity contribution in [2.24, 2.45) is 0 Å². The van der Waals surface area contributed by atoms with E-state index < -0.39 is 0 Å². The van der Waals surface area contributed by atoms with Gasteiger partial charge in [0.25, 0.3) is 5.22 Å². The third-order valence-electron chi connectivity index (χ3n) is 3.11. The minimum Gasteiger partial charge on any atom is -0.411 e. The first-order valence-corrected chi connectivity index (χ1v) is 7.51. The molecule has 112 valence electrons.